The number of nitriles is 1. The van der Waals surface area contributed by atoms with Crippen LogP contribution in [-0.4, -0.2) is 11.6 Å². The van der Waals surface area contributed by atoms with Crippen LogP contribution in [0.4, 0.5) is 0 Å². The van der Waals surface area contributed by atoms with Crippen molar-refractivity contribution in [3.8, 4) is 6.07 Å². The molecule has 0 amide bonds. The molecular formula is C27H41NO2. The molecule has 0 aromatic carbocycles. The van der Waals surface area contributed by atoms with Gasteiger partial charge in [-0.1, -0.05) is 27.7 Å². The highest BCUT2D eigenvalue weighted by atomic mass is 16.1. The standard InChI is InChI=1S/C27H41NO2/c1-5-19-23-16-18(29)11-13-27(23,4)22-12-14-26(3)20(17(2)8-6-7-15-28)9-10-21(26)24(22)25(19)30/h17,19-24H,5-14,16H2,1-4H3/t17-,19+,20-,21+,22+,23+,24+,26-,27-/m1/s1. The van der Waals surface area contributed by atoms with Gasteiger partial charge in [-0.15, -0.1) is 0 Å². The molecule has 0 aromatic rings. The number of hydrogen-bond acceptors (Lipinski definition) is 3. The average Bonchev–Trinajstić information content (AvgIpc) is 3.07. The number of hydrogen-bond donors (Lipinski definition) is 0. The number of fused-ring (bicyclic) bond motifs is 5. The quantitative estimate of drug-likeness (QED) is 0.495. The molecule has 166 valence electrons. The number of carbonyl (C=O) groups is 2. The average molecular weight is 412 g/mol. The van der Waals surface area contributed by atoms with E-state index >= 15 is 0 Å². The van der Waals surface area contributed by atoms with Gasteiger partial charge in [-0.25, -0.2) is 0 Å². The Bertz CT molecular complexity index is 738. The van der Waals surface area contributed by atoms with E-state index < -0.39 is 0 Å². The minimum Gasteiger partial charge on any atom is -0.300 e. The largest absolute Gasteiger partial charge is 0.300 e. The molecule has 0 aromatic heterocycles. The number of ketones is 2. The van der Waals surface area contributed by atoms with E-state index in [1.54, 1.807) is 0 Å². The molecule has 0 N–H and O–H groups in total. The summed E-state index contributed by atoms with van der Waals surface area (Å²) in [4.78, 5) is 26.2. The van der Waals surface area contributed by atoms with Gasteiger partial charge < -0.3 is 0 Å². The predicted octanol–water partition coefficient (Wildman–Crippen LogP) is 6.36. The van der Waals surface area contributed by atoms with Crippen LogP contribution in [0.15, 0.2) is 0 Å². The molecule has 4 rings (SSSR count). The van der Waals surface area contributed by atoms with Gasteiger partial charge in [-0.2, -0.15) is 5.26 Å². The smallest absolute Gasteiger partial charge is 0.139 e. The van der Waals surface area contributed by atoms with E-state index in [1.165, 1.54) is 25.7 Å². The molecule has 30 heavy (non-hydrogen) atoms. The van der Waals surface area contributed by atoms with Gasteiger partial charge in [0.2, 0.25) is 0 Å². The maximum absolute atomic E-state index is 13.9. The van der Waals surface area contributed by atoms with E-state index in [-0.39, 0.29) is 28.6 Å². The van der Waals surface area contributed by atoms with Crippen LogP contribution in [0.2, 0.25) is 0 Å². The van der Waals surface area contributed by atoms with Crippen molar-refractivity contribution in [3.63, 3.8) is 0 Å². The van der Waals surface area contributed by atoms with Crippen molar-refractivity contribution in [2.75, 3.05) is 0 Å². The minimum absolute atomic E-state index is 0.0925. The molecule has 0 unspecified atom stereocenters. The highest BCUT2D eigenvalue weighted by Crippen LogP contribution is 2.68. The fraction of sp³-hybridized carbons (Fsp3) is 0.889. The lowest BCUT2D eigenvalue weighted by molar-refractivity contribution is -0.169. The summed E-state index contributed by atoms with van der Waals surface area (Å²) in [7, 11) is 0. The molecule has 0 heterocycles. The van der Waals surface area contributed by atoms with Gasteiger partial charge in [-0.05, 0) is 91.8 Å². The number of Topliss-reactive ketones (excluding diaryl/α,β-unsaturated/α-hetero) is 2. The minimum atomic E-state index is 0.0925. The maximum atomic E-state index is 13.9. The Labute approximate surface area is 183 Å². The molecule has 0 saturated heterocycles. The molecular weight excluding hydrogens is 370 g/mol. The van der Waals surface area contributed by atoms with Crippen molar-refractivity contribution in [3.05, 3.63) is 0 Å². The van der Waals surface area contributed by atoms with Crippen LogP contribution >= 0.6 is 0 Å². The van der Waals surface area contributed by atoms with Crippen LogP contribution in [0.1, 0.15) is 98.3 Å². The van der Waals surface area contributed by atoms with Crippen molar-refractivity contribution in [1.29, 1.82) is 5.26 Å². The molecule has 4 aliphatic carbocycles. The Morgan fingerprint density at radius 3 is 2.50 bits per heavy atom. The second kappa shape index (κ2) is 8.07. The molecule has 0 aliphatic heterocycles. The first kappa shape index (κ1) is 22.0. The third kappa shape index (κ3) is 3.20. The first-order chi connectivity index (χ1) is 14.3. The van der Waals surface area contributed by atoms with Crippen LogP contribution in [0, 0.1) is 63.6 Å². The number of nitrogens with zero attached hydrogens (tertiary/aromatic N) is 1. The van der Waals surface area contributed by atoms with E-state index in [9.17, 15) is 9.59 Å². The molecule has 4 aliphatic rings. The normalized spacial score (nSPS) is 46.5. The maximum Gasteiger partial charge on any atom is 0.139 e. The lowest BCUT2D eigenvalue weighted by Crippen LogP contribution is -2.60. The van der Waals surface area contributed by atoms with Gasteiger partial charge >= 0.3 is 0 Å². The number of unbranched alkanes of at least 4 members (excludes halogenated alkanes) is 1. The Hall–Kier alpha value is -1.17. The summed E-state index contributed by atoms with van der Waals surface area (Å²) in [5.74, 6) is 3.84. The Morgan fingerprint density at radius 2 is 1.80 bits per heavy atom. The lowest BCUT2D eigenvalue weighted by atomic mass is 9.42. The summed E-state index contributed by atoms with van der Waals surface area (Å²) in [6.45, 7) is 9.50. The predicted molar refractivity (Wildman–Crippen MR) is 118 cm³/mol. The van der Waals surface area contributed by atoms with Crippen LogP contribution in [0.3, 0.4) is 0 Å². The topological polar surface area (TPSA) is 57.9 Å². The first-order valence-electron chi connectivity index (χ1n) is 12.7. The SMILES string of the molecule is CC[C@@H]1C(=O)[C@@H]2[C@H](CC[C@]3(C)[C@@H]([C@H](C)CCCC#N)CC[C@@H]23)[C@@]2(C)CCC(=O)C[C@@H]12. The van der Waals surface area contributed by atoms with Gasteiger partial charge in [0.25, 0.3) is 0 Å². The summed E-state index contributed by atoms with van der Waals surface area (Å²) in [5, 5.41) is 8.92. The zero-order valence-electron chi connectivity index (χ0n) is 19.6. The molecule has 9 atom stereocenters. The highest BCUT2D eigenvalue weighted by molar-refractivity contribution is 5.88. The van der Waals surface area contributed by atoms with E-state index in [0.717, 1.165) is 32.1 Å². The van der Waals surface area contributed by atoms with E-state index in [0.29, 0.717) is 48.1 Å². The molecule has 0 spiro atoms. The van der Waals surface area contributed by atoms with Gasteiger partial charge in [0.1, 0.15) is 11.6 Å². The van der Waals surface area contributed by atoms with Crippen LogP contribution in [0.25, 0.3) is 0 Å². The lowest BCUT2D eigenvalue weighted by Gasteiger charge is -2.61. The summed E-state index contributed by atoms with van der Waals surface area (Å²) in [5.41, 5.74) is 0.444. The highest BCUT2D eigenvalue weighted by Gasteiger charge is 2.65. The second-order valence-corrected chi connectivity index (χ2v) is 11.8. The Morgan fingerprint density at radius 1 is 1.07 bits per heavy atom. The molecule has 3 nitrogen and oxygen atoms in total. The van der Waals surface area contributed by atoms with Crippen molar-refractivity contribution >= 4 is 11.6 Å². The van der Waals surface area contributed by atoms with Gasteiger partial charge in [0.05, 0.1) is 6.07 Å². The third-order valence-corrected chi connectivity index (χ3v) is 10.7. The van der Waals surface area contributed by atoms with Gasteiger partial charge in [0.15, 0.2) is 0 Å². The molecule has 0 radical (unpaired) electrons. The van der Waals surface area contributed by atoms with Gasteiger partial charge in [0, 0.05) is 31.1 Å². The summed E-state index contributed by atoms with van der Waals surface area (Å²) >= 11 is 0. The number of rotatable bonds is 5. The van der Waals surface area contributed by atoms with Gasteiger partial charge in [-0.3, -0.25) is 9.59 Å². The van der Waals surface area contributed by atoms with E-state index in [2.05, 4.69) is 33.8 Å². The molecule has 3 heteroatoms. The zero-order chi connectivity index (χ0) is 21.7. The van der Waals surface area contributed by atoms with E-state index in [4.69, 9.17) is 5.26 Å². The summed E-state index contributed by atoms with van der Waals surface area (Å²) < 4.78 is 0. The Balaban J connectivity index is 1.62. The van der Waals surface area contributed by atoms with E-state index in [1.807, 2.05) is 0 Å². The van der Waals surface area contributed by atoms with Crippen molar-refractivity contribution < 1.29 is 9.59 Å². The molecule has 4 saturated carbocycles. The molecule has 4 fully saturated rings. The van der Waals surface area contributed by atoms with Crippen molar-refractivity contribution in [1.82, 2.24) is 0 Å². The third-order valence-electron chi connectivity index (χ3n) is 10.7. The van der Waals surface area contributed by atoms with Crippen LogP contribution < -0.4 is 0 Å². The second-order valence-electron chi connectivity index (χ2n) is 11.8. The monoisotopic (exact) mass is 411 g/mol. The zero-order valence-corrected chi connectivity index (χ0v) is 19.6. The van der Waals surface area contributed by atoms with Crippen molar-refractivity contribution in [2.45, 2.75) is 98.3 Å². The number of carbonyl (C=O) groups excluding carboxylic acids is 2. The first-order valence-corrected chi connectivity index (χ1v) is 12.7. The fourth-order valence-electron chi connectivity index (χ4n) is 9.12. The molecule has 0 bridgehead atoms. The van der Waals surface area contributed by atoms with Crippen molar-refractivity contribution in [2.24, 2.45) is 52.3 Å². The summed E-state index contributed by atoms with van der Waals surface area (Å²) in [6.07, 6.45) is 10.9. The Kier molecular flexibility index (Phi) is 5.93. The summed E-state index contributed by atoms with van der Waals surface area (Å²) in [6, 6.07) is 2.30. The van der Waals surface area contributed by atoms with Crippen LogP contribution in [0.5, 0.6) is 0 Å². The van der Waals surface area contributed by atoms with Crippen LogP contribution in [-0.2, 0) is 9.59 Å². The fourth-order valence-corrected chi connectivity index (χ4v) is 9.12.